The van der Waals surface area contributed by atoms with Crippen molar-refractivity contribution in [1.82, 2.24) is 0 Å². The Balaban J connectivity index is 2.16. The summed E-state index contributed by atoms with van der Waals surface area (Å²) in [5.74, 6) is 0.986. The van der Waals surface area contributed by atoms with E-state index >= 15 is 0 Å². The van der Waals surface area contributed by atoms with Gasteiger partial charge in [-0.25, -0.2) is 0 Å². The van der Waals surface area contributed by atoms with E-state index < -0.39 is 0 Å². The Morgan fingerprint density at radius 3 is 2.40 bits per heavy atom. The molecule has 0 N–H and O–H groups in total. The second kappa shape index (κ2) is 5.66. The van der Waals surface area contributed by atoms with Crippen LogP contribution in [0.15, 0.2) is 63.6 Å². The van der Waals surface area contributed by atoms with Crippen LogP contribution in [0.1, 0.15) is 13.8 Å². The lowest BCUT2D eigenvalue weighted by Gasteiger charge is -2.24. The van der Waals surface area contributed by atoms with Gasteiger partial charge in [-0.1, -0.05) is 42.5 Å². The van der Waals surface area contributed by atoms with Gasteiger partial charge >= 0.3 is 0 Å². The lowest BCUT2D eigenvalue weighted by Crippen LogP contribution is -2.17. The fourth-order valence-corrected chi connectivity index (χ4v) is 3.97. The molecule has 0 atom stereocenters. The minimum atomic E-state index is 0.986. The van der Waals surface area contributed by atoms with Crippen molar-refractivity contribution >= 4 is 33.4 Å². The van der Waals surface area contributed by atoms with E-state index in [2.05, 4.69) is 83.2 Å². The average molecular weight is 346 g/mol. The van der Waals surface area contributed by atoms with Gasteiger partial charge in [0.1, 0.15) is 0 Å². The molecule has 20 heavy (non-hydrogen) atoms. The lowest BCUT2D eigenvalue weighted by atomic mass is 10.0. The van der Waals surface area contributed by atoms with E-state index in [1.807, 2.05) is 11.8 Å². The van der Waals surface area contributed by atoms with Gasteiger partial charge in [-0.15, -0.1) is 11.8 Å². The fourth-order valence-electron chi connectivity index (χ4n) is 2.43. The molecule has 102 valence electrons. The zero-order valence-electron chi connectivity index (χ0n) is 11.6. The van der Waals surface area contributed by atoms with Crippen LogP contribution >= 0.6 is 27.7 Å². The molecular formula is C17H16BrNS. The largest absolute Gasteiger partial charge is 0.333 e. The van der Waals surface area contributed by atoms with Gasteiger partial charge in [0.2, 0.25) is 0 Å². The smallest absolute Gasteiger partial charge is 0.0729 e. The molecule has 3 heteroatoms. The van der Waals surface area contributed by atoms with Crippen LogP contribution < -0.4 is 4.90 Å². The van der Waals surface area contributed by atoms with Crippen LogP contribution in [-0.2, 0) is 0 Å². The van der Waals surface area contributed by atoms with Gasteiger partial charge in [-0.2, -0.15) is 0 Å². The van der Waals surface area contributed by atoms with Crippen LogP contribution in [0.5, 0.6) is 0 Å². The maximum absolute atomic E-state index is 3.73. The molecule has 2 aromatic carbocycles. The summed E-state index contributed by atoms with van der Waals surface area (Å²) in [5.41, 5.74) is 5.14. The maximum atomic E-state index is 3.73. The van der Waals surface area contributed by atoms with E-state index in [1.54, 1.807) is 0 Å². The molecule has 3 rings (SSSR count). The molecule has 0 aromatic heterocycles. The number of anilines is 1. The Hall–Kier alpha value is -1.19. The molecule has 0 bridgehead atoms. The molecule has 2 aromatic rings. The highest BCUT2D eigenvalue weighted by Gasteiger charge is 2.23. The monoisotopic (exact) mass is 345 g/mol. The molecule has 1 aliphatic rings. The van der Waals surface area contributed by atoms with Crippen LogP contribution in [0.2, 0.25) is 0 Å². The van der Waals surface area contributed by atoms with Crippen LogP contribution in [0, 0.1) is 0 Å². The van der Waals surface area contributed by atoms with Gasteiger partial charge in [0.25, 0.3) is 0 Å². The number of halogens is 1. The van der Waals surface area contributed by atoms with Crippen molar-refractivity contribution in [2.45, 2.75) is 13.8 Å². The summed E-state index contributed by atoms with van der Waals surface area (Å²) in [7, 11) is 0. The molecule has 0 radical (unpaired) electrons. The number of hydrogen-bond acceptors (Lipinski definition) is 2. The van der Waals surface area contributed by atoms with E-state index in [1.165, 1.54) is 27.4 Å². The minimum absolute atomic E-state index is 0.986. The van der Waals surface area contributed by atoms with Gasteiger partial charge in [-0.05, 0) is 41.4 Å². The highest BCUT2D eigenvalue weighted by atomic mass is 79.9. The number of benzene rings is 2. The number of nitrogens with zero attached hydrogens (tertiary/aromatic N) is 1. The van der Waals surface area contributed by atoms with Crippen molar-refractivity contribution in [1.29, 1.82) is 0 Å². The third-order valence-electron chi connectivity index (χ3n) is 3.67. The number of hydrogen-bond donors (Lipinski definition) is 0. The summed E-state index contributed by atoms with van der Waals surface area (Å²) in [6, 6.07) is 17.0. The summed E-state index contributed by atoms with van der Waals surface area (Å²) in [6.45, 7) is 4.39. The van der Waals surface area contributed by atoms with E-state index in [4.69, 9.17) is 0 Å². The Bertz CT molecular complexity index is 664. The van der Waals surface area contributed by atoms with Crippen LogP contribution in [0.4, 0.5) is 5.69 Å². The highest BCUT2D eigenvalue weighted by molar-refractivity contribution is 9.10. The summed E-state index contributed by atoms with van der Waals surface area (Å²) >= 11 is 5.63. The van der Waals surface area contributed by atoms with Gasteiger partial charge in [0.15, 0.2) is 0 Å². The third kappa shape index (κ3) is 2.40. The van der Waals surface area contributed by atoms with Crippen molar-refractivity contribution in [3.63, 3.8) is 0 Å². The van der Waals surface area contributed by atoms with E-state index in [0.29, 0.717) is 0 Å². The van der Waals surface area contributed by atoms with Crippen LogP contribution in [0.25, 0.3) is 11.1 Å². The van der Waals surface area contributed by atoms with Gasteiger partial charge < -0.3 is 4.90 Å². The second-order valence-electron chi connectivity index (χ2n) is 4.85. The molecule has 0 amide bonds. The molecule has 0 unspecified atom stereocenters. The molecule has 1 nitrogen and oxygen atoms in total. The van der Waals surface area contributed by atoms with Gasteiger partial charge in [0, 0.05) is 20.6 Å². The van der Waals surface area contributed by atoms with Crippen molar-refractivity contribution in [2.24, 2.45) is 0 Å². The number of allylic oxidation sites excluding steroid dienone is 2. The molecule has 1 aliphatic heterocycles. The lowest BCUT2D eigenvalue weighted by molar-refractivity contribution is 1.07. The summed E-state index contributed by atoms with van der Waals surface area (Å²) in [4.78, 5) is 3.80. The summed E-state index contributed by atoms with van der Waals surface area (Å²) in [6.07, 6.45) is 0. The van der Waals surface area contributed by atoms with Crippen molar-refractivity contribution in [2.75, 3.05) is 10.8 Å². The number of para-hydroxylation sites is 1. The average Bonchev–Trinajstić information content (AvgIpc) is 2.80. The first-order valence-corrected chi connectivity index (χ1v) is 8.38. The predicted octanol–water partition coefficient (Wildman–Crippen LogP) is 5.88. The Labute approximate surface area is 132 Å². The topological polar surface area (TPSA) is 3.24 Å². The molecular weight excluding hydrogens is 330 g/mol. The standard InChI is InChI=1S/C17H16BrNS/c1-12-13(2)20-11-19(12)17-15(9-6-10-16(17)18)14-7-4-3-5-8-14/h3-10H,11H2,1-2H3. The first kappa shape index (κ1) is 13.8. The molecule has 1 heterocycles. The second-order valence-corrected chi connectivity index (χ2v) is 6.86. The highest BCUT2D eigenvalue weighted by Crippen LogP contribution is 2.43. The predicted molar refractivity (Wildman–Crippen MR) is 92.9 cm³/mol. The van der Waals surface area contributed by atoms with Gasteiger partial charge in [0.05, 0.1) is 11.6 Å². The normalized spacial score (nSPS) is 15.1. The van der Waals surface area contributed by atoms with Crippen molar-refractivity contribution < 1.29 is 0 Å². The van der Waals surface area contributed by atoms with E-state index in [0.717, 1.165) is 10.3 Å². The zero-order valence-corrected chi connectivity index (χ0v) is 14.0. The van der Waals surface area contributed by atoms with Crippen LogP contribution in [0.3, 0.4) is 0 Å². The molecule has 0 aliphatic carbocycles. The first-order valence-electron chi connectivity index (χ1n) is 6.60. The third-order valence-corrected chi connectivity index (χ3v) is 5.42. The Morgan fingerprint density at radius 1 is 1.00 bits per heavy atom. The quantitative estimate of drug-likeness (QED) is 0.668. The van der Waals surface area contributed by atoms with E-state index in [-0.39, 0.29) is 0 Å². The number of rotatable bonds is 2. The Kier molecular flexibility index (Phi) is 3.90. The van der Waals surface area contributed by atoms with Crippen molar-refractivity contribution in [3.8, 4) is 11.1 Å². The first-order chi connectivity index (χ1) is 9.68. The minimum Gasteiger partial charge on any atom is -0.333 e. The van der Waals surface area contributed by atoms with Crippen molar-refractivity contribution in [3.05, 3.63) is 63.6 Å². The Morgan fingerprint density at radius 2 is 1.75 bits per heavy atom. The zero-order chi connectivity index (χ0) is 14.1. The molecule has 0 saturated heterocycles. The fraction of sp³-hybridized carbons (Fsp3) is 0.176. The molecule has 0 saturated carbocycles. The number of thioether (sulfide) groups is 1. The van der Waals surface area contributed by atoms with Crippen LogP contribution in [-0.4, -0.2) is 5.88 Å². The van der Waals surface area contributed by atoms with E-state index in [9.17, 15) is 0 Å². The molecule has 0 fully saturated rings. The molecule has 0 spiro atoms. The summed E-state index contributed by atoms with van der Waals surface area (Å²) in [5, 5.41) is 0. The SMILES string of the molecule is CC1=C(C)N(c2c(Br)cccc2-c2ccccc2)CS1. The summed E-state index contributed by atoms with van der Waals surface area (Å²) < 4.78 is 1.15. The van der Waals surface area contributed by atoms with Gasteiger partial charge in [-0.3, -0.25) is 0 Å². The maximum Gasteiger partial charge on any atom is 0.0729 e.